The molecule has 2 N–H and O–H groups in total. The lowest BCUT2D eigenvalue weighted by Gasteiger charge is -2.34. The zero-order chi connectivity index (χ0) is 29.5. The number of halogens is 2. The average molecular weight is 572 g/mol. The molecular formula is C29H39F2N7O3. The van der Waals surface area contributed by atoms with E-state index in [1.54, 1.807) is 33.9 Å². The van der Waals surface area contributed by atoms with Gasteiger partial charge in [0.15, 0.2) is 5.65 Å². The second-order valence-electron chi connectivity index (χ2n) is 12.7. The Hall–Kier alpha value is -3.41. The number of fused-ring (bicyclic) bond motifs is 1. The van der Waals surface area contributed by atoms with E-state index < -0.39 is 17.6 Å². The number of nitrogens with zero attached hydrogens (tertiary/aromatic N) is 5. The summed E-state index contributed by atoms with van der Waals surface area (Å²) in [4.78, 5) is 30.7. The second-order valence-corrected chi connectivity index (χ2v) is 12.7. The normalized spacial score (nSPS) is 18.7. The Balaban J connectivity index is 1.35. The quantitative estimate of drug-likeness (QED) is 0.342. The van der Waals surface area contributed by atoms with Crippen LogP contribution in [0.4, 0.5) is 8.78 Å². The van der Waals surface area contributed by atoms with Crippen molar-refractivity contribution in [1.82, 2.24) is 35.0 Å². The molecule has 2 amide bonds. The van der Waals surface area contributed by atoms with E-state index in [1.165, 1.54) is 0 Å². The lowest BCUT2D eigenvalue weighted by molar-refractivity contribution is -0.134. The standard InChI is InChI=1S/C29H39F2N7O3/c1-17(2)38-23(8-9-32-38)27(40)35-22(16-41-28(3,4)5)21-15-37-24(34-21)11-20(14-33-37)26(19-6-7-19)36-25(39)10-18-12-29(30,31)13-18/h8-9,11,14-15,17-19,22,26H,6-7,10,12-13,16H2,1-5H3,(H,35,40)(H,36,39)/t22-,26+/m0/s1. The van der Waals surface area contributed by atoms with Gasteiger partial charge in [0, 0.05) is 31.5 Å². The van der Waals surface area contributed by atoms with Crippen molar-refractivity contribution in [3.63, 3.8) is 0 Å². The highest BCUT2D eigenvalue weighted by Gasteiger charge is 2.46. The number of alkyl halides is 2. The van der Waals surface area contributed by atoms with Crippen molar-refractivity contribution in [3.8, 4) is 0 Å². The van der Waals surface area contributed by atoms with Crippen LogP contribution in [-0.4, -0.2) is 54.3 Å². The van der Waals surface area contributed by atoms with Crippen LogP contribution in [0.25, 0.3) is 5.65 Å². The van der Waals surface area contributed by atoms with Gasteiger partial charge in [-0.15, -0.1) is 0 Å². The monoisotopic (exact) mass is 571 g/mol. The molecule has 41 heavy (non-hydrogen) atoms. The molecule has 2 fully saturated rings. The first-order valence-corrected chi connectivity index (χ1v) is 14.3. The number of carbonyl (C=O) groups is 2. The van der Waals surface area contributed by atoms with Crippen molar-refractivity contribution in [3.05, 3.63) is 47.7 Å². The molecule has 0 bridgehead atoms. The van der Waals surface area contributed by atoms with Crippen molar-refractivity contribution >= 4 is 17.5 Å². The average Bonchev–Trinajstić information content (AvgIpc) is 3.41. The zero-order valence-corrected chi connectivity index (χ0v) is 24.2. The Bertz CT molecular complexity index is 1400. The SMILES string of the molecule is CC(C)n1nccc1C(=O)N[C@@H](COC(C)(C)C)c1cn2ncc([C@H](NC(=O)CC3CC(F)(F)C3)C3CC3)cc2n1. The fourth-order valence-electron chi connectivity index (χ4n) is 5.25. The van der Waals surface area contributed by atoms with Crippen molar-refractivity contribution in [1.29, 1.82) is 0 Å². The summed E-state index contributed by atoms with van der Waals surface area (Å²) in [7, 11) is 0. The maximum Gasteiger partial charge on any atom is 0.270 e. The van der Waals surface area contributed by atoms with Crippen molar-refractivity contribution in [2.75, 3.05) is 6.61 Å². The largest absolute Gasteiger partial charge is 0.373 e. The molecule has 0 aromatic carbocycles. The molecule has 3 aromatic rings. The molecule has 2 aliphatic carbocycles. The van der Waals surface area contributed by atoms with E-state index in [2.05, 4.69) is 20.8 Å². The van der Waals surface area contributed by atoms with Gasteiger partial charge in [0.2, 0.25) is 11.8 Å². The van der Waals surface area contributed by atoms with E-state index >= 15 is 0 Å². The molecule has 222 valence electrons. The summed E-state index contributed by atoms with van der Waals surface area (Å²) in [5.74, 6) is -3.14. The van der Waals surface area contributed by atoms with Gasteiger partial charge in [-0.3, -0.25) is 14.3 Å². The number of amides is 2. The van der Waals surface area contributed by atoms with Crippen LogP contribution < -0.4 is 10.6 Å². The Kier molecular flexibility index (Phi) is 7.88. The molecule has 0 spiro atoms. The molecule has 2 aliphatic rings. The number of aromatic nitrogens is 5. The first kappa shape index (κ1) is 29.1. The van der Waals surface area contributed by atoms with Gasteiger partial charge in [-0.25, -0.2) is 18.3 Å². The minimum atomic E-state index is -2.64. The Morgan fingerprint density at radius 3 is 2.54 bits per heavy atom. The van der Waals surface area contributed by atoms with Crippen LogP contribution in [0.2, 0.25) is 0 Å². The highest BCUT2D eigenvalue weighted by Crippen LogP contribution is 2.45. The van der Waals surface area contributed by atoms with Gasteiger partial charge < -0.3 is 15.4 Å². The molecule has 0 radical (unpaired) electrons. The summed E-state index contributed by atoms with van der Waals surface area (Å²) < 4.78 is 35.8. The van der Waals surface area contributed by atoms with Gasteiger partial charge in [-0.1, -0.05) is 0 Å². The highest BCUT2D eigenvalue weighted by molar-refractivity contribution is 5.92. The van der Waals surface area contributed by atoms with Crippen molar-refractivity contribution in [2.45, 2.75) is 96.4 Å². The van der Waals surface area contributed by atoms with Gasteiger partial charge >= 0.3 is 0 Å². The van der Waals surface area contributed by atoms with Crippen molar-refractivity contribution in [2.24, 2.45) is 11.8 Å². The van der Waals surface area contributed by atoms with Gasteiger partial charge in [0.05, 0.1) is 42.4 Å². The van der Waals surface area contributed by atoms with Crippen LogP contribution >= 0.6 is 0 Å². The first-order valence-electron chi connectivity index (χ1n) is 14.3. The number of carbonyl (C=O) groups excluding carboxylic acids is 2. The summed E-state index contributed by atoms with van der Waals surface area (Å²) in [5.41, 5.74) is 1.98. The summed E-state index contributed by atoms with van der Waals surface area (Å²) in [6, 6.07) is 2.77. The molecular weight excluding hydrogens is 532 g/mol. The summed E-state index contributed by atoms with van der Waals surface area (Å²) in [6.45, 7) is 9.94. The minimum absolute atomic E-state index is 0.0161. The molecule has 10 nitrogen and oxygen atoms in total. The first-order chi connectivity index (χ1) is 19.3. The predicted octanol–water partition coefficient (Wildman–Crippen LogP) is 4.80. The second kappa shape index (κ2) is 11.1. The molecule has 3 heterocycles. The Labute approximate surface area is 238 Å². The lowest BCUT2D eigenvalue weighted by Crippen LogP contribution is -2.39. The molecule has 2 atom stereocenters. The molecule has 5 rings (SSSR count). The van der Waals surface area contributed by atoms with E-state index in [1.807, 2.05) is 40.7 Å². The lowest BCUT2D eigenvalue weighted by atomic mass is 9.79. The summed E-state index contributed by atoms with van der Waals surface area (Å²) in [5, 5.41) is 14.9. The smallest absolute Gasteiger partial charge is 0.270 e. The summed E-state index contributed by atoms with van der Waals surface area (Å²) in [6.07, 6.45) is 6.67. The predicted molar refractivity (Wildman–Crippen MR) is 147 cm³/mol. The number of hydrogen-bond donors (Lipinski definition) is 2. The van der Waals surface area contributed by atoms with E-state index in [9.17, 15) is 18.4 Å². The third-order valence-electron chi connectivity index (χ3n) is 7.52. The molecule has 0 aliphatic heterocycles. The highest BCUT2D eigenvalue weighted by atomic mass is 19.3. The van der Waals surface area contributed by atoms with E-state index in [0.717, 1.165) is 18.4 Å². The fourth-order valence-corrected chi connectivity index (χ4v) is 5.25. The van der Waals surface area contributed by atoms with Crippen LogP contribution in [0.5, 0.6) is 0 Å². The summed E-state index contributed by atoms with van der Waals surface area (Å²) >= 11 is 0. The number of rotatable bonds is 11. The third-order valence-corrected chi connectivity index (χ3v) is 7.52. The zero-order valence-electron chi connectivity index (χ0n) is 24.2. The molecule has 0 saturated heterocycles. The molecule has 0 unspecified atom stereocenters. The maximum absolute atomic E-state index is 13.3. The van der Waals surface area contributed by atoms with Gasteiger partial charge in [-0.2, -0.15) is 10.2 Å². The maximum atomic E-state index is 13.3. The van der Waals surface area contributed by atoms with Crippen LogP contribution in [0.15, 0.2) is 30.7 Å². The van der Waals surface area contributed by atoms with Gasteiger partial charge in [0.1, 0.15) is 5.69 Å². The Morgan fingerprint density at radius 1 is 1.17 bits per heavy atom. The van der Waals surface area contributed by atoms with E-state index in [4.69, 9.17) is 9.72 Å². The molecule has 12 heteroatoms. The van der Waals surface area contributed by atoms with Crippen LogP contribution in [-0.2, 0) is 9.53 Å². The van der Waals surface area contributed by atoms with Gasteiger partial charge in [0.25, 0.3) is 5.91 Å². The van der Waals surface area contributed by atoms with Crippen molar-refractivity contribution < 1.29 is 23.1 Å². The Morgan fingerprint density at radius 2 is 1.90 bits per heavy atom. The number of ether oxygens (including phenoxy) is 1. The number of nitrogens with one attached hydrogen (secondary N) is 2. The molecule has 3 aromatic heterocycles. The molecule has 2 saturated carbocycles. The van der Waals surface area contributed by atoms with Crippen LogP contribution in [0, 0.1) is 11.8 Å². The third kappa shape index (κ3) is 7.09. The van der Waals surface area contributed by atoms with E-state index in [-0.39, 0.29) is 61.6 Å². The minimum Gasteiger partial charge on any atom is -0.373 e. The number of hydrogen-bond acceptors (Lipinski definition) is 6. The van der Waals surface area contributed by atoms with Crippen LogP contribution in [0.1, 0.15) is 107 Å². The van der Waals surface area contributed by atoms with Gasteiger partial charge in [-0.05, 0) is 77.0 Å². The topological polar surface area (TPSA) is 115 Å². The fraction of sp³-hybridized carbons (Fsp3) is 0.621. The number of imidazole rings is 1. The van der Waals surface area contributed by atoms with Crippen LogP contribution in [0.3, 0.4) is 0 Å². The van der Waals surface area contributed by atoms with E-state index in [0.29, 0.717) is 17.0 Å².